The number of carbonyl (C=O) groups is 3. The van der Waals surface area contributed by atoms with Gasteiger partial charge in [0.25, 0.3) is 0 Å². The van der Waals surface area contributed by atoms with E-state index in [-0.39, 0.29) is 12.8 Å². The first kappa shape index (κ1) is 43.1. The van der Waals surface area contributed by atoms with Crippen molar-refractivity contribution in [2.24, 2.45) is 5.73 Å². The van der Waals surface area contributed by atoms with E-state index >= 15 is 0 Å². The number of rotatable bonds is 33. The fourth-order valence-electron chi connectivity index (χ4n) is 6.42. The predicted molar refractivity (Wildman–Crippen MR) is 188 cm³/mol. The lowest BCUT2D eigenvalue weighted by Crippen LogP contribution is -2.58. The van der Waals surface area contributed by atoms with Crippen LogP contribution in [0.15, 0.2) is 0 Å². The van der Waals surface area contributed by atoms with E-state index in [9.17, 15) is 34.3 Å². The lowest BCUT2D eigenvalue weighted by Gasteiger charge is -2.29. The number of ketones is 2. The number of hydrogen-bond acceptors (Lipinski definition) is 8. The molecule has 0 aromatic heterocycles. The molecule has 0 aliphatic carbocycles. The Kier molecular flexibility index (Phi) is 23.5. The number of aliphatic hydroxyl groups excluding tert-OH is 2. The van der Waals surface area contributed by atoms with Gasteiger partial charge in [-0.05, 0) is 12.8 Å². The zero-order valence-corrected chi connectivity index (χ0v) is 30.4. The van der Waals surface area contributed by atoms with Crippen LogP contribution in [0.3, 0.4) is 0 Å². The van der Waals surface area contributed by atoms with Crippen LogP contribution in [0.2, 0.25) is 0 Å². The molecule has 0 spiro atoms. The molecule has 1 fully saturated rings. The van der Waals surface area contributed by atoms with E-state index in [0.29, 0.717) is 19.3 Å². The molecule has 46 heavy (non-hydrogen) atoms. The number of carbonyl (C=O) groups excluding carboxylic acids is 3. The van der Waals surface area contributed by atoms with Crippen LogP contribution < -0.4 is 5.73 Å². The molecule has 0 saturated carbocycles. The molecule has 270 valence electrons. The van der Waals surface area contributed by atoms with Crippen LogP contribution >= 0.6 is 7.14 Å². The van der Waals surface area contributed by atoms with Gasteiger partial charge in [-0.15, -0.1) is 0 Å². The summed E-state index contributed by atoms with van der Waals surface area (Å²) in [4.78, 5) is 39.3. The molecule has 9 heteroatoms. The third-order valence-corrected chi connectivity index (χ3v) is 12.8. The first-order valence-electron chi connectivity index (χ1n) is 19.1. The van der Waals surface area contributed by atoms with Gasteiger partial charge in [-0.1, -0.05) is 168 Å². The Morgan fingerprint density at radius 1 is 0.609 bits per heavy atom. The average Bonchev–Trinajstić information content (AvgIpc) is 3.55. The summed E-state index contributed by atoms with van der Waals surface area (Å²) in [6.07, 6.45) is 26.4. The molecular weight excluding hydrogens is 601 g/mol. The molecule has 1 aliphatic rings. The highest BCUT2D eigenvalue weighted by atomic mass is 31.2. The Morgan fingerprint density at radius 3 is 1.20 bits per heavy atom. The van der Waals surface area contributed by atoms with E-state index in [1.54, 1.807) is 0 Å². The number of nitrogens with two attached hydrogens (primary N) is 1. The smallest absolute Gasteiger partial charge is 0.237 e. The molecule has 0 amide bonds. The van der Waals surface area contributed by atoms with Crippen LogP contribution in [-0.4, -0.2) is 55.7 Å². The van der Waals surface area contributed by atoms with Crippen molar-refractivity contribution in [1.82, 2.24) is 0 Å². The largest absolute Gasteiger partial charge is 0.383 e. The topological polar surface area (TPSA) is 155 Å². The molecule has 8 nitrogen and oxygen atoms in total. The maximum atomic E-state index is 13.2. The molecule has 0 bridgehead atoms. The normalized spacial score (nSPS) is 21.2. The van der Waals surface area contributed by atoms with E-state index < -0.39 is 47.6 Å². The Hall–Kier alpha value is -0.920. The van der Waals surface area contributed by atoms with Gasteiger partial charge in [-0.25, -0.2) is 0 Å². The van der Waals surface area contributed by atoms with Gasteiger partial charge in [0.15, 0.2) is 17.7 Å². The van der Waals surface area contributed by atoms with E-state index in [1.807, 2.05) is 0 Å². The second-order valence-corrected chi connectivity index (χ2v) is 16.9. The van der Waals surface area contributed by atoms with Gasteiger partial charge in [0.1, 0.15) is 11.6 Å². The van der Waals surface area contributed by atoms with Crippen LogP contribution in [0.4, 0.5) is 0 Å². The molecule has 5 N–H and O–H groups in total. The number of aliphatic hydroxyl groups is 3. The number of unbranched alkanes of at least 4 members (excludes halogenated alkanes) is 24. The van der Waals surface area contributed by atoms with Gasteiger partial charge in [-0.2, -0.15) is 0 Å². The van der Waals surface area contributed by atoms with Crippen LogP contribution in [-0.2, 0) is 18.9 Å². The minimum atomic E-state index is -4.18. The summed E-state index contributed by atoms with van der Waals surface area (Å²) in [5, 5.41) is 32.1. The molecule has 0 aromatic carbocycles. The van der Waals surface area contributed by atoms with E-state index in [4.69, 9.17) is 5.73 Å². The van der Waals surface area contributed by atoms with Crippen molar-refractivity contribution in [2.75, 3.05) is 0 Å². The predicted octanol–water partition coefficient (Wildman–Crippen LogP) is 8.69. The third-order valence-electron chi connectivity index (χ3n) is 9.86. The van der Waals surface area contributed by atoms with Gasteiger partial charge >= 0.3 is 0 Å². The van der Waals surface area contributed by atoms with Crippen molar-refractivity contribution < 1.29 is 34.3 Å². The molecule has 1 saturated heterocycles. The van der Waals surface area contributed by atoms with Crippen LogP contribution in [0.25, 0.3) is 0 Å². The van der Waals surface area contributed by atoms with Crippen molar-refractivity contribution in [1.29, 1.82) is 0 Å². The molecule has 0 aromatic rings. The Morgan fingerprint density at radius 2 is 0.891 bits per heavy atom. The Bertz CT molecular complexity index is 885. The monoisotopic (exact) mass is 671 g/mol. The lowest BCUT2D eigenvalue weighted by atomic mass is 9.86. The summed E-state index contributed by atoms with van der Waals surface area (Å²) in [7, 11) is -4.18. The summed E-state index contributed by atoms with van der Waals surface area (Å²) in [5.41, 5.74) is 0.986. The van der Waals surface area contributed by atoms with Gasteiger partial charge in [-0.3, -0.25) is 14.4 Å². The van der Waals surface area contributed by atoms with E-state index in [2.05, 4.69) is 13.8 Å². The van der Waals surface area contributed by atoms with E-state index in [0.717, 1.165) is 44.9 Å². The molecule has 5 unspecified atom stereocenters. The van der Waals surface area contributed by atoms with Gasteiger partial charge < -0.3 is 25.6 Å². The fraction of sp³-hybridized carbons (Fsp3) is 0.919. The first-order chi connectivity index (χ1) is 22.1. The summed E-state index contributed by atoms with van der Waals surface area (Å²) in [6, 6.07) is 0. The molecule has 5 atom stereocenters. The molecule has 1 heterocycles. The first-order valence-corrected chi connectivity index (χ1v) is 21.0. The second kappa shape index (κ2) is 25.1. The van der Waals surface area contributed by atoms with E-state index in [1.165, 1.54) is 103 Å². The molecule has 0 radical (unpaired) electrons. The standard InChI is InChI=1S/C37H70NO7P/c1-3-5-7-9-11-13-15-17-19-21-23-25-27-29-31(39)33(41)37(44,36(43)46(45)34(38)35(46)42)32(40)30-28-26-24-22-20-18-16-14-12-10-8-6-4-2/h33-35,41-42,44H,3-30,38H2,1-2H3. The van der Waals surface area contributed by atoms with Crippen molar-refractivity contribution in [3.8, 4) is 0 Å². The van der Waals surface area contributed by atoms with Crippen molar-refractivity contribution in [2.45, 2.75) is 217 Å². The minimum Gasteiger partial charge on any atom is -0.383 e. The zero-order chi connectivity index (χ0) is 34.3. The summed E-state index contributed by atoms with van der Waals surface area (Å²) >= 11 is 0. The van der Waals surface area contributed by atoms with Crippen molar-refractivity contribution in [3.05, 3.63) is 0 Å². The zero-order valence-electron chi connectivity index (χ0n) is 29.5. The number of hydrogen-bond donors (Lipinski definition) is 4. The third kappa shape index (κ3) is 15.1. The van der Waals surface area contributed by atoms with Gasteiger partial charge in [0.2, 0.25) is 18.3 Å². The highest BCUT2D eigenvalue weighted by molar-refractivity contribution is 7.88. The number of Topliss-reactive ketones (excluding diaryl/α,β-unsaturated/α-hetero) is 2. The summed E-state index contributed by atoms with van der Waals surface area (Å²) < 4.78 is 13.0. The highest BCUT2D eigenvalue weighted by Gasteiger charge is 2.71. The SMILES string of the molecule is CCCCCCCCCCCCCCCC(=O)C(O)C(O)(C(=O)CCCCCCCCCCCCCCC)C(=O)P1(=O)C(N)C1O. The molecule has 1 aliphatic heterocycles. The lowest BCUT2D eigenvalue weighted by molar-refractivity contribution is -0.164. The average molecular weight is 672 g/mol. The van der Waals surface area contributed by atoms with Crippen molar-refractivity contribution in [3.63, 3.8) is 0 Å². The van der Waals surface area contributed by atoms with Crippen LogP contribution in [0.5, 0.6) is 0 Å². The molecule has 1 rings (SSSR count). The minimum absolute atomic E-state index is 0.0978. The van der Waals surface area contributed by atoms with Crippen LogP contribution in [0.1, 0.15) is 194 Å². The summed E-state index contributed by atoms with van der Waals surface area (Å²) in [5.74, 6) is -4.90. The Balaban J connectivity index is 2.42. The van der Waals surface area contributed by atoms with Gasteiger partial charge in [0.05, 0.1) is 0 Å². The van der Waals surface area contributed by atoms with Crippen molar-refractivity contribution >= 4 is 24.2 Å². The molecular formula is C37H70NO7P. The fourth-order valence-corrected chi connectivity index (χ4v) is 8.72. The maximum Gasteiger partial charge on any atom is 0.237 e. The quantitative estimate of drug-likeness (QED) is 0.0307. The maximum absolute atomic E-state index is 13.2. The highest BCUT2D eigenvalue weighted by Crippen LogP contribution is 2.72. The van der Waals surface area contributed by atoms with Crippen LogP contribution in [0, 0.1) is 0 Å². The summed E-state index contributed by atoms with van der Waals surface area (Å²) in [6.45, 7) is 4.45. The Labute approximate surface area is 280 Å². The second-order valence-electron chi connectivity index (χ2n) is 14.0. The van der Waals surface area contributed by atoms with Gasteiger partial charge in [0, 0.05) is 12.8 Å².